The van der Waals surface area contributed by atoms with Crippen LogP contribution in [0.3, 0.4) is 0 Å². The molecule has 0 bridgehead atoms. The Hall–Kier alpha value is -1.35. The molecule has 1 rings (SSSR count). The number of nitro benzene ring substituents is 1. The summed E-state index contributed by atoms with van der Waals surface area (Å²) in [5.41, 5.74) is -0.467. The van der Waals surface area contributed by atoms with Crippen LogP contribution in [0.25, 0.3) is 0 Å². The highest BCUT2D eigenvalue weighted by Gasteiger charge is 2.38. The molecule has 1 aromatic carbocycles. The summed E-state index contributed by atoms with van der Waals surface area (Å²) in [5.74, 6) is 0. The molecular weight excluding hydrogens is 321 g/mol. The molecule has 0 saturated carbocycles. The molecule has 0 aliphatic heterocycles. The van der Waals surface area contributed by atoms with Crippen LogP contribution < -0.4 is 5.32 Å². The molecule has 0 aliphatic carbocycles. The van der Waals surface area contributed by atoms with Gasteiger partial charge >= 0.3 is 6.18 Å². The number of halogens is 4. The lowest BCUT2D eigenvalue weighted by atomic mass is 10.2. The average Bonchev–Trinajstić information content (AvgIpc) is 2.24. The summed E-state index contributed by atoms with van der Waals surface area (Å²) < 4.78 is 36.6. The number of alkyl halides is 3. The SMILES string of the molecule is O=[N+]([O-])c1ccc(Br)cc1NCC(O)C(F)(F)F. The van der Waals surface area contributed by atoms with Crippen LogP contribution in [0.2, 0.25) is 0 Å². The van der Waals surface area contributed by atoms with Gasteiger partial charge < -0.3 is 10.4 Å². The van der Waals surface area contributed by atoms with Crippen LogP contribution in [0.15, 0.2) is 22.7 Å². The molecule has 0 spiro atoms. The van der Waals surface area contributed by atoms with Crippen LogP contribution in [0.1, 0.15) is 0 Å². The van der Waals surface area contributed by atoms with Gasteiger partial charge in [-0.3, -0.25) is 10.1 Å². The number of anilines is 1. The molecule has 0 saturated heterocycles. The van der Waals surface area contributed by atoms with E-state index in [9.17, 15) is 23.3 Å². The second-order valence-corrected chi connectivity index (χ2v) is 4.27. The summed E-state index contributed by atoms with van der Waals surface area (Å²) in [6, 6.07) is 3.80. The van der Waals surface area contributed by atoms with E-state index < -0.39 is 23.7 Å². The van der Waals surface area contributed by atoms with Gasteiger partial charge in [0.05, 0.1) is 4.92 Å². The highest BCUT2D eigenvalue weighted by atomic mass is 79.9. The van der Waals surface area contributed by atoms with Gasteiger partial charge in [0.25, 0.3) is 5.69 Å². The van der Waals surface area contributed by atoms with Crippen molar-refractivity contribution >= 4 is 27.3 Å². The van der Waals surface area contributed by atoms with E-state index in [1.165, 1.54) is 12.1 Å². The number of benzene rings is 1. The molecule has 0 aliphatic rings. The summed E-state index contributed by atoms with van der Waals surface area (Å²) >= 11 is 3.04. The van der Waals surface area contributed by atoms with E-state index in [2.05, 4.69) is 21.2 Å². The van der Waals surface area contributed by atoms with Crippen molar-refractivity contribution in [3.63, 3.8) is 0 Å². The molecule has 0 amide bonds. The maximum atomic E-state index is 12.1. The van der Waals surface area contributed by atoms with E-state index in [1.54, 1.807) is 0 Å². The van der Waals surface area contributed by atoms with Crippen molar-refractivity contribution < 1.29 is 23.2 Å². The predicted octanol–water partition coefficient (Wildman–Crippen LogP) is 2.69. The fourth-order valence-electron chi connectivity index (χ4n) is 1.13. The summed E-state index contributed by atoms with van der Waals surface area (Å²) in [6.07, 6.45) is -7.36. The Balaban J connectivity index is 2.84. The van der Waals surface area contributed by atoms with Crippen molar-refractivity contribution in [3.05, 3.63) is 32.8 Å². The number of hydrogen-bond acceptors (Lipinski definition) is 4. The van der Waals surface area contributed by atoms with Gasteiger partial charge in [0.1, 0.15) is 5.69 Å². The molecule has 18 heavy (non-hydrogen) atoms. The minimum atomic E-state index is -4.77. The Morgan fingerprint density at radius 3 is 2.61 bits per heavy atom. The Kier molecular flexibility index (Phi) is 4.52. The van der Waals surface area contributed by atoms with Crippen LogP contribution in [0, 0.1) is 10.1 Å². The fraction of sp³-hybridized carbons (Fsp3) is 0.333. The van der Waals surface area contributed by atoms with E-state index in [0.717, 1.165) is 6.07 Å². The summed E-state index contributed by atoms with van der Waals surface area (Å²) in [7, 11) is 0. The number of nitrogens with one attached hydrogen (secondary N) is 1. The fourth-order valence-corrected chi connectivity index (χ4v) is 1.49. The van der Waals surface area contributed by atoms with E-state index >= 15 is 0 Å². The van der Waals surface area contributed by atoms with Crippen LogP contribution >= 0.6 is 15.9 Å². The molecule has 0 fully saturated rings. The summed E-state index contributed by atoms with van der Waals surface area (Å²) in [4.78, 5) is 9.91. The van der Waals surface area contributed by atoms with Gasteiger partial charge in [0.15, 0.2) is 6.10 Å². The number of rotatable bonds is 4. The smallest absolute Gasteiger partial charge is 0.382 e. The second kappa shape index (κ2) is 5.53. The number of nitro groups is 1. The molecule has 5 nitrogen and oxygen atoms in total. The summed E-state index contributed by atoms with van der Waals surface area (Å²) in [5, 5.41) is 21.6. The first-order chi connectivity index (χ1) is 8.21. The standard InChI is InChI=1S/C9H8BrF3N2O3/c10-5-1-2-7(15(17)18)6(3-5)14-4-8(16)9(11,12)13/h1-3,8,14,16H,4H2. The third-order valence-corrected chi connectivity index (χ3v) is 2.51. The number of nitrogens with zero attached hydrogens (tertiary/aromatic N) is 1. The lowest BCUT2D eigenvalue weighted by molar-refractivity contribution is -0.384. The Morgan fingerprint density at radius 2 is 2.11 bits per heavy atom. The zero-order chi connectivity index (χ0) is 13.9. The maximum Gasteiger partial charge on any atom is 0.416 e. The van der Waals surface area contributed by atoms with Crippen molar-refractivity contribution in [1.29, 1.82) is 0 Å². The number of hydrogen-bond donors (Lipinski definition) is 2. The zero-order valence-corrected chi connectivity index (χ0v) is 10.3. The van der Waals surface area contributed by atoms with Gasteiger partial charge in [-0.25, -0.2) is 0 Å². The Bertz CT molecular complexity index is 453. The Morgan fingerprint density at radius 1 is 1.50 bits per heavy atom. The second-order valence-electron chi connectivity index (χ2n) is 3.36. The van der Waals surface area contributed by atoms with Gasteiger partial charge in [-0.05, 0) is 12.1 Å². The van der Waals surface area contributed by atoms with Crippen LogP contribution in [-0.2, 0) is 0 Å². The first kappa shape index (κ1) is 14.7. The predicted molar refractivity (Wildman–Crippen MR) is 61.3 cm³/mol. The van der Waals surface area contributed by atoms with Gasteiger partial charge in [-0.15, -0.1) is 0 Å². The normalized spacial score (nSPS) is 13.2. The topological polar surface area (TPSA) is 75.4 Å². The molecular formula is C9H8BrF3N2O3. The van der Waals surface area contributed by atoms with Crippen LogP contribution in [0.4, 0.5) is 24.5 Å². The molecule has 9 heteroatoms. The van der Waals surface area contributed by atoms with Gasteiger partial charge in [-0.2, -0.15) is 13.2 Å². The molecule has 0 radical (unpaired) electrons. The van der Waals surface area contributed by atoms with Gasteiger partial charge in [0, 0.05) is 17.1 Å². The number of aliphatic hydroxyl groups excluding tert-OH is 1. The molecule has 1 aromatic rings. The highest BCUT2D eigenvalue weighted by Crippen LogP contribution is 2.28. The minimum Gasteiger partial charge on any atom is -0.382 e. The first-order valence-corrected chi connectivity index (χ1v) is 5.43. The molecule has 1 atom stereocenters. The largest absolute Gasteiger partial charge is 0.416 e. The number of aliphatic hydroxyl groups is 1. The zero-order valence-electron chi connectivity index (χ0n) is 8.74. The lowest BCUT2D eigenvalue weighted by Gasteiger charge is -2.15. The minimum absolute atomic E-state index is 0.0994. The quantitative estimate of drug-likeness (QED) is 0.658. The van der Waals surface area contributed by atoms with Crippen LogP contribution in [-0.4, -0.2) is 28.9 Å². The van der Waals surface area contributed by atoms with E-state index in [1.807, 2.05) is 0 Å². The van der Waals surface area contributed by atoms with Crippen molar-refractivity contribution in [2.24, 2.45) is 0 Å². The first-order valence-electron chi connectivity index (χ1n) is 4.64. The summed E-state index contributed by atoms with van der Waals surface area (Å²) in [6.45, 7) is -0.860. The maximum absolute atomic E-state index is 12.1. The van der Waals surface area contributed by atoms with E-state index in [4.69, 9.17) is 5.11 Å². The Labute approximate surface area is 108 Å². The van der Waals surface area contributed by atoms with Gasteiger partial charge in [-0.1, -0.05) is 15.9 Å². The van der Waals surface area contributed by atoms with E-state index in [0.29, 0.717) is 4.47 Å². The van der Waals surface area contributed by atoms with Crippen molar-refractivity contribution in [2.45, 2.75) is 12.3 Å². The highest BCUT2D eigenvalue weighted by molar-refractivity contribution is 9.10. The average molecular weight is 329 g/mol. The monoisotopic (exact) mass is 328 g/mol. The van der Waals surface area contributed by atoms with Gasteiger partial charge in [0.2, 0.25) is 0 Å². The van der Waals surface area contributed by atoms with Crippen molar-refractivity contribution in [3.8, 4) is 0 Å². The third kappa shape index (κ3) is 3.84. The molecule has 100 valence electrons. The molecule has 1 unspecified atom stereocenters. The lowest BCUT2D eigenvalue weighted by Crippen LogP contribution is -2.35. The van der Waals surface area contributed by atoms with Crippen molar-refractivity contribution in [2.75, 3.05) is 11.9 Å². The molecule has 0 heterocycles. The third-order valence-electron chi connectivity index (χ3n) is 2.02. The van der Waals surface area contributed by atoms with Crippen LogP contribution in [0.5, 0.6) is 0 Å². The molecule has 0 aromatic heterocycles. The molecule has 2 N–H and O–H groups in total. The van der Waals surface area contributed by atoms with Crippen molar-refractivity contribution in [1.82, 2.24) is 0 Å². The van der Waals surface area contributed by atoms with E-state index in [-0.39, 0.29) is 11.4 Å².